The monoisotopic (exact) mass is 411 g/mol. The molecule has 0 aromatic carbocycles. The third-order valence-corrected chi connectivity index (χ3v) is 8.14. The van der Waals surface area contributed by atoms with Gasteiger partial charge in [-0.25, -0.2) is 9.97 Å². The molecule has 2 bridgehead atoms. The van der Waals surface area contributed by atoms with Gasteiger partial charge >= 0.3 is 0 Å². The van der Waals surface area contributed by atoms with Gasteiger partial charge in [0.2, 0.25) is 0 Å². The van der Waals surface area contributed by atoms with E-state index in [-0.39, 0.29) is 0 Å². The van der Waals surface area contributed by atoms with Crippen LogP contribution in [0.4, 0.5) is 5.82 Å². The topological polar surface area (TPSA) is 35.5 Å². The van der Waals surface area contributed by atoms with Crippen molar-refractivity contribution >= 4 is 17.4 Å². The Balaban J connectivity index is 0.934. The molecule has 0 radical (unpaired) electrons. The number of hydrogen-bond acceptors (Lipinski definition) is 5. The Kier molecular flexibility index (Phi) is 4.66. The summed E-state index contributed by atoms with van der Waals surface area (Å²) in [6, 6.07) is 0. The molecule has 4 aliphatic carbocycles. The van der Waals surface area contributed by atoms with Gasteiger partial charge in [0.25, 0.3) is 0 Å². The molecule has 5 nitrogen and oxygen atoms in total. The van der Waals surface area contributed by atoms with E-state index in [1.165, 1.54) is 45.4 Å². The average molecular weight is 412 g/mol. The summed E-state index contributed by atoms with van der Waals surface area (Å²) >= 11 is 6.20. The lowest BCUT2D eigenvalue weighted by Crippen LogP contribution is -2.47. The zero-order valence-electron chi connectivity index (χ0n) is 17.0. The molecular weight excluding hydrogens is 382 g/mol. The van der Waals surface area contributed by atoms with E-state index in [0.29, 0.717) is 5.15 Å². The second-order valence-electron chi connectivity index (χ2n) is 9.47. The molecule has 2 saturated heterocycles. The van der Waals surface area contributed by atoms with Crippen LogP contribution in [0.1, 0.15) is 19.3 Å². The SMILES string of the molecule is Clc1nccnc1N1CCN(CCCCN2CC3=C4C=CC(C3C2)C2CC42)CC1. The summed E-state index contributed by atoms with van der Waals surface area (Å²) in [5.41, 5.74) is 3.56. The van der Waals surface area contributed by atoms with Crippen LogP contribution in [0.5, 0.6) is 0 Å². The fourth-order valence-corrected chi connectivity index (χ4v) is 6.50. The van der Waals surface area contributed by atoms with Crippen molar-refractivity contribution in [3.63, 3.8) is 0 Å². The predicted molar refractivity (Wildman–Crippen MR) is 116 cm³/mol. The first-order valence-electron chi connectivity index (χ1n) is 11.4. The van der Waals surface area contributed by atoms with E-state index in [1.807, 2.05) is 5.57 Å². The Morgan fingerprint density at radius 3 is 2.59 bits per heavy atom. The molecule has 0 N–H and O–H groups in total. The number of aromatic nitrogens is 2. The lowest BCUT2D eigenvalue weighted by atomic mass is 9.72. The predicted octanol–water partition coefficient (Wildman–Crippen LogP) is 3.10. The zero-order chi connectivity index (χ0) is 19.4. The van der Waals surface area contributed by atoms with Crippen molar-refractivity contribution in [3.05, 3.63) is 40.8 Å². The minimum absolute atomic E-state index is 0.518. The number of likely N-dealkylation sites (tertiary alicyclic amines) is 1. The second-order valence-corrected chi connectivity index (χ2v) is 9.83. The highest BCUT2D eigenvalue weighted by Gasteiger charge is 2.55. The van der Waals surface area contributed by atoms with Crippen LogP contribution in [0.2, 0.25) is 5.15 Å². The van der Waals surface area contributed by atoms with Crippen molar-refractivity contribution in [1.82, 2.24) is 19.8 Å². The highest BCUT2D eigenvalue weighted by Crippen LogP contribution is 2.62. The van der Waals surface area contributed by atoms with Gasteiger partial charge in [0.15, 0.2) is 11.0 Å². The molecular formula is C23H30ClN5. The Hall–Kier alpha value is -1.43. The van der Waals surface area contributed by atoms with Gasteiger partial charge in [0.1, 0.15) is 0 Å². The number of halogens is 1. The van der Waals surface area contributed by atoms with Gasteiger partial charge < -0.3 is 4.90 Å². The maximum Gasteiger partial charge on any atom is 0.171 e. The van der Waals surface area contributed by atoms with Crippen LogP contribution in [0, 0.1) is 23.7 Å². The van der Waals surface area contributed by atoms with Gasteiger partial charge in [-0.1, -0.05) is 23.8 Å². The van der Waals surface area contributed by atoms with E-state index in [9.17, 15) is 0 Å². The van der Waals surface area contributed by atoms with Gasteiger partial charge in [-0.3, -0.25) is 9.80 Å². The van der Waals surface area contributed by atoms with Crippen LogP contribution in [0.3, 0.4) is 0 Å². The minimum atomic E-state index is 0.518. The first-order valence-corrected chi connectivity index (χ1v) is 11.7. The number of piperazine rings is 1. The Morgan fingerprint density at radius 2 is 1.76 bits per heavy atom. The third kappa shape index (κ3) is 3.31. The van der Waals surface area contributed by atoms with Gasteiger partial charge in [-0.15, -0.1) is 0 Å². The quantitative estimate of drug-likeness (QED) is 0.672. The van der Waals surface area contributed by atoms with Crippen molar-refractivity contribution in [1.29, 1.82) is 0 Å². The van der Waals surface area contributed by atoms with Crippen LogP contribution in [-0.2, 0) is 0 Å². The zero-order valence-corrected chi connectivity index (χ0v) is 17.8. The van der Waals surface area contributed by atoms with Crippen LogP contribution < -0.4 is 4.90 Å². The summed E-state index contributed by atoms with van der Waals surface area (Å²) in [5.74, 6) is 4.53. The Labute approximate surface area is 178 Å². The normalized spacial score (nSPS) is 33.3. The second kappa shape index (κ2) is 7.36. The molecule has 3 fully saturated rings. The fraction of sp³-hybridized carbons (Fsp3) is 0.652. The van der Waals surface area contributed by atoms with E-state index in [4.69, 9.17) is 11.6 Å². The maximum absolute atomic E-state index is 6.20. The van der Waals surface area contributed by atoms with Gasteiger partial charge in [-0.05, 0) is 61.3 Å². The molecule has 4 atom stereocenters. The molecule has 0 amide bonds. The Morgan fingerprint density at radius 1 is 0.966 bits per heavy atom. The molecule has 1 aromatic heterocycles. The molecule has 4 unspecified atom stereocenters. The summed E-state index contributed by atoms with van der Waals surface area (Å²) in [7, 11) is 0. The summed E-state index contributed by atoms with van der Waals surface area (Å²) in [5, 5.41) is 0.518. The first-order chi connectivity index (χ1) is 14.3. The van der Waals surface area contributed by atoms with Crippen LogP contribution in [0.25, 0.3) is 0 Å². The Bertz CT molecular complexity index is 843. The standard InChI is InChI=1S/C23H30ClN5/c24-22-23(26-6-5-25-22)29-11-9-27(10-12-29)7-1-2-8-28-14-20-16-3-4-17(21(20)15-28)19-13-18(16)19/h3-6,16,18-20H,1-2,7-15H2. The number of anilines is 1. The number of allylic oxidation sites excluding steroid dienone is 3. The molecule has 6 heteroatoms. The minimum Gasteiger partial charge on any atom is -0.351 e. The molecule has 1 aromatic rings. The van der Waals surface area contributed by atoms with E-state index in [2.05, 4.69) is 36.8 Å². The molecule has 29 heavy (non-hydrogen) atoms. The molecule has 0 spiro atoms. The number of unbranched alkanes of at least 4 members (excludes halogenated alkanes) is 1. The van der Waals surface area contributed by atoms with E-state index in [1.54, 1.807) is 18.0 Å². The van der Waals surface area contributed by atoms with Gasteiger partial charge in [0, 0.05) is 57.6 Å². The maximum atomic E-state index is 6.20. The average Bonchev–Trinajstić information content (AvgIpc) is 3.46. The van der Waals surface area contributed by atoms with Crippen LogP contribution in [-0.4, -0.2) is 72.1 Å². The van der Waals surface area contributed by atoms with E-state index in [0.717, 1.165) is 55.7 Å². The van der Waals surface area contributed by atoms with Crippen LogP contribution >= 0.6 is 11.6 Å². The summed E-state index contributed by atoms with van der Waals surface area (Å²) in [6.45, 7) is 9.19. The molecule has 3 heterocycles. The lowest BCUT2D eigenvalue weighted by molar-refractivity contribution is 0.240. The summed E-state index contributed by atoms with van der Waals surface area (Å²) in [4.78, 5) is 16.1. The smallest absolute Gasteiger partial charge is 0.171 e. The van der Waals surface area contributed by atoms with Crippen molar-refractivity contribution in [2.45, 2.75) is 19.3 Å². The van der Waals surface area contributed by atoms with Crippen molar-refractivity contribution in [2.24, 2.45) is 23.7 Å². The number of rotatable bonds is 6. The van der Waals surface area contributed by atoms with Crippen molar-refractivity contribution < 1.29 is 0 Å². The molecule has 1 saturated carbocycles. The lowest BCUT2D eigenvalue weighted by Gasteiger charge is -2.35. The number of nitrogens with zero attached hydrogens (tertiary/aromatic N) is 5. The van der Waals surface area contributed by atoms with Gasteiger partial charge in [-0.2, -0.15) is 0 Å². The molecule has 7 rings (SSSR count). The highest BCUT2D eigenvalue weighted by molar-refractivity contribution is 6.31. The third-order valence-electron chi connectivity index (χ3n) is 7.87. The van der Waals surface area contributed by atoms with Gasteiger partial charge in [0.05, 0.1) is 0 Å². The molecule has 2 aliphatic heterocycles. The van der Waals surface area contributed by atoms with Crippen LogP contribution in [0.15, 0.2) is 35.7 Å². The number of hydrogen-bond donors (Lipinski definition) is 0. The highest BCUT2D eigenvalue weighted by atomic mass is 35.5. The largest absolute Gasteiger partial charge is 0.351 e. The summed E-state index contributed by atoms with van der Waals surface area (Å²) in [6.07, 6.45) is 12.5. The van der Waals surface area contributed by atoms with Crippen molar-refractivity contribution in [2.75, 3.05) is 57.3 Å². The van der Waals surface area contributed by atoms with E-state index >= 15 is 0 Å². The first kappa shape index (κ1) is 18.3. The summed E-state index contributed by atoms with van der Waals surface area (Å²) < 4.78 is 0. The molecule has 6 aliphatic rings. The molecule has 154 valence electrons. The fourth-order valence-electron chi connectivity index (χ4n) is 6.28. The van der Waals surface area contributed by atoms with E-state index < -0.39 is 0 Å². The van der Waals surface area contributed by atoms with Crippen molar-refractivity contribution in [3.8, 4) is 0 Å².